The molecule has 10 nitrogen and oxygen atoms in total. The molecule has 0 bridgehead atoms. The third kappa shape index (κ3) is 9.64. The fourth-order valence-corrected chi connectivity index (χ4v) is 4.58. The van der Waals surface area contributed by atoms with Crippen molar-refractivity contribution >= 4 is 63.1 Å². The Bertz CT molecular complexity index is 1440. The van der Waals surface area contributed by atoms with Crippen LogP contribution in [0.25, 0.3) is 0 Å². The van der Waals surface area contributed by atoms with Crippen LogP contribution in [0.15, 0.2) is 70.2 Å². The molecule has 0 saturated heterocycles. The lowest BCUT2D eigenvalue weighted by Crippen LogP contribution is -2.50. The number of rotatable bonds is 13. The summed E-state index contributed by atoms with van der Waals surface area (Å²) in [6.45, 7) is 1.24. The van der Waals surface area contributed by atoms with Gasteiger partial charge >= 0.3 is 5.97 Å². The Labute approximate surface area is 261 Å². The zero-order valence-electron chi connectivity index (χ0n) is 22.9. The molecule has 222 valence electrons. The molecule has 0 spiro atoms. The van der Waals surface area contributed by atoms with Crippen molar-refractivity contribution in [2.24, 2.45) is 5.10 Å². The van der Waals surface area contributed by atoms with E-state index < -0.39 is 29.9 Å². The molecule has 0 aliphatic rings. The number of methoxy groups -OCH3 is 2. The molecular weight excluding hydrogens is 653 g/mol. The topological polar surface area (TPSA) is 125 Å². The van der Waals surface area contributed by atoms with Gasteiger partial charge in [0.25, 0.3) is 11.8 Å². The minimum Gasteiger partial charge on any atom is -0.493 e. The first kappa shape index (κ1) is 32.7. The molecule has 3 aromatic carbocycles. The zero-order chi connectivity index (χ0) is 30.6. The minimum absolute atomic E-state index is 0.202. The Morgan fingerprint density at radius 3 is 2.40 bits per heavy atom. The molecule has 13 heteroatoms. The van der Waals surface area contributed by atoms with Crippen LogP contribution in [-0.2, 0) is 25.5 Å². The highest BCUT2D eigenvalue weighted by molar-refractivity contribution is 9.10. The van der Waals surface area contributed by atoms with Crippen molar-refractivity contribution in [2.75, 3.05) is 20.8 Å². The summed E-state index contributed by atoms with van der Waals surface area (Å²) in [5.74, 6) is -0.734. The van der Waals surface area contributed by atoms with Crippen molar-refractivity contribution in [3.05, 3.63) is 86.3 Å². The molecule has 0 unspecified atom stereocenters. The number of hydrogen-bond donors (Lipinski definition) is 2. The third-order valence-corrected chi connectivity index (χ3v) is 6.80. The smallest absolute Gasteiger partial charge is 0.343 e. The molecule has 0 fully saturated rings. The molecular formula is C29H28BrCl2N3O7. The SMILES string of the molecule is COC(=O)COc1c(Br)cc(/C=N\NC(=O)[C@@H](Cc2ccccc2)NC(=O)[C@@H](C)Oc2ccc(Cl)cc2Cl)cc1OC. The number of nitrogens with zero attached hydrogens (tertiary/aromatic N) is 1. The van der Waals surface area contributed by atoms with Gasteiger partial charge in [0.2, 0.25) is 0 Å². The normalized spacial score (nSPS) is 12.2. The highest BCUT2D eigenvalue weighted by Crippen LogP contribution is 2.36. The summed E-state index contributed by atoms with van der Waals surface area (Å²) in [4.78, 5) is 37.6. The van der Waals surface area contributed by atoms with Crippen LogP contribution in [0.5, 0.6) is 17.2 Å². The molecule has 2 amide bonds. The van der Waals surface area contributed by atoms with E-state index in [1.807, 2.05) is 30.3 Å². The lowest BCUT2D eigenvalue weighted by Gasteiger charge is -2.21. The van der Waals surface area contributed by atoms with Crippen molar-refractivity contribution in [1.82, 2.24) is 10.7 Å². The van der Waals surface area contributed by atoms with E-state index in [0.29, 0.717) is 26.6 Å². The molecule has 0 saturated carbocycles. The van der Waals surface area contributed by atoms with Crippen molar-refractivity contribution in [1.29, 1.82) is 0 Å². The van der Waals surface area contributed by atoms with E-state index in [-0.39, 0.29) is 23.8 Å². The molecule has 3 aromatic rings. The third-order valence-electron chi connectivity index (χ3n) is 5.68. The number of amides is 2. The van der Waals surface area contributed by atoms with Gasteiger partial charge in [0.15, 0.2) is 24.2 Å². The lowest BCUT2D eigenvalue weighted by molar-refractivity contribution is -0.143. The number of halogens is 3. The summed E-state index contributed by atoms with van der Waals surface area (Å²) in [5.41, 5.74) is 3.85. The number of hydrogen-bond acceptors (Lipinski definition) is 8. The predicted octanol–water partition coefficient (Wildman–Crippen LogP) is 4.96. The maximum atomic E-state index is 13.2. The first-order valence-electron chi connectivity index (χ1n) is 12.5. The van der Waals surface area contributed by atoms with Crippen LogP contribution in [0.1, 0.15) is 18.1 Å². The number of esters is 1. The van der Waals surface area contributed by atoms with Crippen LogP contribution in [0.2, 0.25) is 10.0 Å². The Balaban J connectivity index is 1.71. The van der Waals surface area contributed by atoms with Gasteiger partial charge in [-0.05, 0) is 64.3 Å². The summed E-state index contributed by atoms with van der Waals surface area (Å²) in [6.07, 6.45) is 0.627. The van der Waals surface area contributed by atoms with Crippen LogP contribution in [0.4, 0.5) is 0 Å². The minimum atomic E-state index is -0.973. The summed E-state index contributed by atoms with van der Waals surface area (Å²) in [6, 6.07) is 16.2. The Morgan fingerprint density at radius 2 is 1.74 bits per heavy atom. The van der Waals surface area contributed by atoms with Crippen molar-refractivity contribution in [3.63, 3.8) is 0 Å². The number of benzene rings is 3. The van der Waals surface area contributed by atoms with E-state index in [4.69, 9.17) is 37.4 Å². The highest BCUT2D eigenvalue weighted by atomic mass is 79.9. The second kappa shape index (κ2) is 16.0. The summed E-state index contributed by atoms with van der Waals surface area (Å²) >= 11 is 15.5. The van der Waals surface area contributed by atoms with E-state index in [1.165, 1.54) is 26.5 Å². The van der Waals surface area contributed by atoms with Crippen LogP contribution in [0.3, 0.4) is 0 Å². The number of carbonyl (C=O) groups is 3. The second-order valence-electron chi connectivity index (χ2n) is 8.72. The predicted molar refractivity (Wildman–Crippen MR) is 163 cm³/mol. The first-order chi connectivity index (χ1) is 20.1. The van der Waals surface area contributed by atoms with Gasteiger partial charge in [0.1, 0.15) is 11.8 Å². The molecule has 0 heterocycles. The molecule has 0 radical (unpaired) electrons. The van der Waals surface area contributed by atoms with Gasteiger partial charge in [-0.2, -0.15) is 5.10 Å². The monoisotopic (exact) mass is 679 g/mol. The molecule has 0 aliphatic carbocycles. The number of hydrazone groups is 1. The summed E-state index contributed by atoms with van der Waals surface area (Å²) < 4.78 is 21.6. The van der Waals surface area contributed by atoms with Crippen LogP contribution < -0.4 is 25.0 Å². The van der Waals surface area contributed by atoms with Crippen molar-refractivity contribution in [2.45, 2.75) is 25.5 Å². The van der Waals surface area contributed by atoms with E-state index in [0.717, 1.165) is 5.56 Å². The van der Waals surface area contributed by atoms with Crippen LogP contribution in [0, 0.1) is 0 Å². The van der Waals surface area contributed by atoms with Crippen LogP contribution in [-0.4, -0.2) is 57.0 Å². The van der Waals surface area contributed by atoms with Crippen molar-refractivity contribution < 1.29 is 33.3 Å². The van der Waals surface area contributed by atoms with E-state index >= 15 is 0 Å². The van der Waals surface area contributed by atoms with Gasteiger partial charge in [-0.1, -0.05) is 53.5 Å². The summed E-state index contributed by atoms with van der Waals surface area (Å²) in [5, 5.41) is 7.46. The average Bonchev–Trinajstić information content (AvgIpc) is 2.97. The van der Waals surface area contributed by atoms with Crippen molar-refractivity contribution in [3.8, 4) is 17.2 Å². The molecule has 3 rings (SSSR count). The van der Waals surface area contributed by atoms with E-state index in [1.54, 1.807) is 31.2 Å². The second-order valence-corrected chi connectivity index (χ2v) is 10.4. The van der Waals surface area contributed by atoms with E-state index in [2.05, 4.69) is 36.5 Å². The maximum Gasteiger partial charge on any atom is 0.343 e. The molecule has 0 aliphatic heterocycles. The Kier molecular flexibility index (Phi) is 12.5. The zero-order valence-corrected chi connectivity index (χ0v) is 26.0. The van der Waals surface area contributed by atoms with Gasteiger partial charge in [0.05, 0.1) is 29.9 Å². The molecule has 2 atom stereocenters. The first-order valence-corrected chi connectivity index (χ1v) is 14.0. The standard InChI is InChI=1S/C29H28BrCl2N3O7/c1-17(42-24-10-9-20(31)14-22(24)32)28(37)34-23(12-18-7-5-4-6-8-18)29(38)35-33-15-19-11-21(30)27(25(13-19)39-2)41-16-26(36)40-3/h4-11,13-15,17,23H,12,16H2,1-3H3,(H,34,37)(H,35,38)/b33-15-/t17-,23-/m1/s1. The van der Waals surface area contributed by atoms with E-state index in [9.17, 15) is 14.4 Å². The fraction of sp³-hybridized carbons (Fsp3) is 0.241. The Morgan fingerprint density at radius 1 is 1.00 bits per heavy atom. The molecule has 42 heavy (non-hydrogen) atoms. The number of ether oxygens (including phenoxy) is 4. The quantitative estimate of drug-likeness (QED) is 0.149. The van der Waals surface area contributed by atoms with Gasteiger partial charge in [-0.15, -0.1) is 0 Å². The average molecular weight is 681 g/mol. The van der Waals surface area contributed by atoms with Gasteiger partial charge in [0, 0.05) is 11.4 Å². The summed E-state index contributed by atoms with van der Waals surface area (Å²) in [7, 11) is 2.70. The largest absolute Gasteiger partial charge is 0.493 e. The van der Waals surface area contributed by atoms with Gasteiger partial charge in [-0.3, -0.25) is 9.59 Å². The molecule has 2 N–H and O–H groups in total. The van der Waals surface area contributed by atoms with Crippen LogP contribution >= 0.6 is 39.1 Å². The fourth-order valence-electron chi connectivity index (χ4n) is 3.56. The number of nitrogens with one attached hydrogen (secondary N) is 2. The van der Waals surface area contributed by atoms with Gasteiger partial charge in [-0.25, -0.2) is 10.2 Å². The Hall–Kier alpha value is -3.80. The number of carbonyl (C=O) groups excluding carboxylic acids is 3. The maximum absolute atomic E-state index is 13.2. The van der Waals surface area contributed by atoms with Gasteiger partial charge < -0.3 is 24.3 Å². The lowest BCUT2D eigenvalue weighted by atomic mass is 10.1. The highest BCUT2D eigenvalue weighted by Gasteiger charge is 2.25. The molecule has 0 aromatic heterocycles.